The van der Waals surface area contributed by atoms with Gasteiger partial charge in [-0.15, -0.1) is 12.4 Å². The highest BCUT2D eigenvalue weighted by Crippen LogP contribution is 2.22. The number of benzene rings is 1. The fourth-order valence-corrected chi connectivity index (χ4v) is 3.95. The predicted octanol–water partition coefficient (Wildman–Crippen LogP) is 1.20. The van der Waals surface area contributed by atoms with Gasteiger partial charge in [0.2, 0.25) is 15.9 Å². The average molecular weight is 398 g/mol. The molecule has 1 fully saturated rings. The minimum Gasteiger partial charge on any atom is -0.340 e. The monoisotopic (exact) mass is 397 g/mol. The molecule has 2 atom stereocenters. The van der Waals surface area contributed by atoms with Gasteiger partial charge >= 0.3 is 0 Å². The molecule has 1 saturated heterocycles. The Morgan fingerprint density at radius 1 is 1.16 bits per heavy atom. The van der Waals surface area contributed by atoms with Crippen molar-refractivity contribution in [1.82, 2.24) is 9.21 Å². The van der Waals surface area contributed by atoms with E-state index in [0.717, 1.165) is 16.4 Å². The van der Waals surface area contributed by atoms with E-state index in [-0.39, 0.29) is 56.5 Å². The third-order valence-electron chi connectivity index (χ3n) is 4.24. The number of piperazine rings is 1. The maximum atomic E-state index is 13.8. The average Bonchev–Trinajstić information content (AvgIpc) is 2.53. The summed E-state index contributed by atoms with van der Waals surface area (Å²) < 4.78 is 52.8. The molecule has 0 aliphatic carbocycles. The van der Waals surface area contributed by atoms with E-state index in [0.29, 0.717) is 6.07 Å². The molecule has 1 aliphatic rings. The van der Waals surface area contributed by atoms with Crippen molar-refractivity contribution in [3.8, 4) is 0 Å². The molecule has 142 valence electrons. The minimum atomic E-state index is -4.07. The maximum absolute atomic E-state index is 13.8. The second-order valence-electron chi connectivity index (χ2n) is 5.95. The molecule has 0 spiro atoms. The second kappa shape index (κ2) is 8.39. The first kappa shape index (κ1) is 21.8. The molecular weight excluding hydrogens is 376 g/mol. The Bertz CT molecular complexity index is 723. The van der Waals surface area contributed by atoms with Gasteiger partial charge in [-0.05, 0) is 19.1 Å². The summed E-state index contributed by atoms with van der Waals surface area (Å²) in [4.78, 5) is 13.2. The van der Waals surface area contributed by atoms with Crippen LogP contribution in [0.3, 0.4) is 0 Å². The van der Waals surface area contributed by atoms with Gasteiger partial charge in [0, 0.05) is 38.3 Å². The van der Waals surface area contributed by atoms with Crippen molar-refractivity contribution in [2.24, 2.45) is 11.7 Å². The highest BCUT2D eigenvalue weighted by Gasteiger charge is 2.33. The highest BCUT2D eigenvalue weighted by atomic mass is 35.5. The van der Waals surface area contributed by atoms with E-state index in [1.807, 2.05) is 0 Å². The molecule has 2 N–H and O–H groups in total. The second-order valence-corrected chi connectivity index (χ2v) is 7.86. The molecule has 6 nitrogen and oxygen atoms in total. The van der Waals surface area contributed by atoms with Gasteiger partial charge in [-0.2, -0.15) is 4.31 Å². The zero-order chi connectivity index (χ0) is 18.1. The summed E-state index contributed by atoms with van der Waals surface area (Å²) >= 11 is 0. The van der Waals surface area contributed by atoms with Gasteiger partial charge in [0.05, 0.1) is 5.92 Å². The van der Waals surface area contributed by atoms with Crippen molar-refractivity contribution >= 4 is 28.3 Å². The summed E-state index contributed by atoms with van der Waals surface area (Å²) in [6.45, 7) is 3.98. The lowest BCUT2D eigenvalue weighted by atomic mass is 10.0. The van der Waals surface area contributed by atoms with Crippen LogP contribution in [0.5, 0.6) is 0 Å². The Morgan fingerprint density at radius 2 is 1.72 bits per heavy atom. The Morgan fingerprint density at radius 3 is 2.20 bits per heavy atom. The van der Waals surface area contributed by atoms with Gasteiger partial charge in [-0.1, -0.05) is 6.92 Å². The number of sulfonamides is 1. The number of carbonyl (C=O) groups excluding carboxylic acids is 1. The van der Waals surface area contributed by atoms with E-state index in [1.165, 1.54) is 0 Å². The largest absolute Gasteiger partial charge is 0.340 e. The number of hydrogen-bond donors (Lipinski definition) is 1. The van der Waals surface area contributed by atoms with E-state index >= 15 is 0 Å². The van der Waals surface area contributed by atoms with Crippen LogP contribution in [0.15, 0.2) is 23.1 Å². The van der Waals surface area contributed by atoms with Crippen molar-refractivity contribution < 1.29 is 22.0 Å². The third kappa shape index (κ3) is 4.66. The Labute approximate surface area is 152 Å². The van der Waals surface area contributed by atoms with Crippen molar-refractivity contribution in [2.75, 3.05) is 26.2 Å². The smallest absolute Gasteiger partial charge is 0.246 e. The van der Waals surface area contributed by atoms with Gasteiger partial charge in [0.1, 0.15) is 16.5 Å². The van der Waals surface area contributed by atoms with E-state index in [1.54, 1.807) is 18.7 Å². The summed E-state index contributed by atoms with van der Waals surface area (Å²) in [6.07, 6.45) is 0. The van der Waals surface area contributed by atoms with Crippen molar-refractivity contribution in [2.45, 2.75) is 24.8 Å². The summed E-state index contributed by atoms with van der Waals surface area (Å²) in [5, 5.41) is 0. The third-order valence-corrected chi connectivity index (χ3v) is 6.17. The first-order valence-corrected chi connectivity index (χ1v) is 9.08. The van der Waals surface area contributed by atoms with Gasteiger partial charge in [0.15, 0.2) is 0 Å². The van der Waals surface area contributed by atoms with Crippen LogP contribution in [0.4, 0.5) is 8.78 Å². The number of carbonyl (C=O) groups is 1. The molecule has 0 aromatic heterocycles. The summed E-state index contributed by atoms with van der Waals surface area (Å²) in [6, 6.07) is 2.06. The molecular formula is C15H22ClF2N3O3S. The molecule has 1 heterocycles. The molecule has 25 heavy (non-hydrogen) atoms. The Balaban J connectivity index is 0.00000312. The number of rotatable bonds is 4. The van der Waals surface area contributed by atoms with Crippen molar-refractivity contribution in [1.29, 1.82) is 0 Å². The van der Waals surface area contributed by atoms with Crippen LogP contribution < -0.4 is 5.73 Å². The number of nitrogens with two attached hydrogens (primary N) is 1. The summed E-state index contributed by atoms with van der Waals surface area (Å²) in [5.74, 6) is -2.46. The molecule has 1 aliphatic heterocycles. The quantitative estimate of drug-likeness (QED) is 0.827. The topological polar surface area (TPSA) is 83.7 Å². The number of hydrogen-bond acceptors (Lipinski definition) is 4. The summed E-state index contributed by atoms with van der Waals surface area (Å²) in [5.41, 5.74) is 5.72. The van der Waals surface area contributed by atoms with Crippen LogP contribution in [-0.2, 0) is 14.8 Å². The van der Waals surface area contributed by atoms with E-state index < -0.39 is 26.6 Å². The van der Waals surface area contributed by atoms with Crippen LogP contribution in [0.2, 0.25) is 0 Å². The Hall–Kier alpha value is -1.29. The molecule has 1 amide bonds. The Kier molecular flexibility index (Phi) is 7.30. The lowest BCUT2D eigenvalue weighted by Crippen LogP contribution is -2.53. The van der Waals surface area contributed by atoms with Gasteiger partial charge in [-0.25, -0.2) is 17.2 Å². The van der Waals surface area contributed by atoms with Crippen molar-refractivity contribution in [3.63, 3.8) is 0 Å². The minimum absolute atomic E-state index is 0. The zero-order valence-corrected chi connectivity index (χ0v) is 15.6. The van der Waals surface area contributed by atoms with E-state index in [4.69, 9.17) is 5.73 Å². The van der Waals surface area contributed by atoms with Crippen LogP contribution >= 0.6 is 12.4 Å². The van der Waals surface area contributed by atoms with Gasteiger partial charge in [0.25, 0.3) is 0 Å². The molecule has 2 rings (SSSR count). The van der Waals surface area contributed by atoms with Crippen LogP contribution in [0.25, 0.3) is 0 Å². The van der Waals surface area contributed by atoms with Crippen molar-refractivity contribution in [3.05, 3.63) is 29.8 Å². The SMILES string of the molecule is CC(N)C(C)C(=O)N1CCN(S(=O)(=O)c2ccc(F)cc2F)CC1.Cl. The molecule has 0 saturated carbocycles. The fraction of sp³-hybridized carbons (Fsp3) is 0.533. The molecule has 2 unspecified atom stereocenters. The van der Waals surface area contributed by atoms with Crippen LogP contribution in [0, 0.1) is 17.6 Å². The molecule has 10 heteroatoms. The van der Waals surface area contributed by atoms with E-state index in [2.05, 4.69) is 0 Å². The molecule has 0 radical (unpaired) electrons. The standard InChI is InChI=1S/C15H21F2N3O3S.ClH/c1-10(11(2)18)15(21)19-5-7-20(8-6-19)24(22,23)14-4-3-12(16)9-13(14)17;/h3-4,9-11H,5-8,18H2,1-2H3;1H. The number of nitrogens with zero attached hydrogens (tertiary/aromatic N) is 2. The van der Waals surface area contributed by atoms with Gasteiger partial charge < -0.3 is 10.6 Å². The van der Waals surface area contributed by atoms with E-state index in [9.17, 15) is 22.0 Å². The lowest BCUT2D eigenvalue weighted by Gasteiger charge is -2.35. The first-order valence-electron chi connectivity index (χ1n) is 7.64. The fourth-order valence-electron chi connectivity index (χ4n) is 2.49. The predicted molar refractivity (Wildman–Crippen MR) is 91.8 cm³/mol. The van der Waals surface area contributed by atoms with Gasteiger partial charge in [-0.3, -0.25) is 4.79 Å². The molecule has 1 aromatic carbocycles. The number of amides is 1. The zero-order valence-electron chi connectivity index (χ0n) is 14.0. The van der Waals surface area contributed by atoms with Crippen LogP contribution in [0.1, 0.15) is 13.8 Å². The summed E-state index contributed by atoms with van der Waals surface area (Å²) in [7, 11) is -4.07. The molecule has 1 aromatic rings. The maximum Gasteiger partial charge on any atom is 0.246 e. The normalized spacial score (nSPS) is 18.4. The lowest BCUT2D eigenvalue weighted by molar-refractivity contribution is -0.136. The highest BCUT2D eigenvalue weighted by molar-refractivity contribution is 7.89. The number of halogens is 3. The first-order chi connectivity index (χ1) is 11.1. The van der Waals surface area contributed by atoms with Crippen LogP contribution in [-0.4, -0.2) is 55.8 Å². The molecule has 0 bridgehead atoms.